The van der Waals surface area contributed by atoms with Crippen LogP contribution >= 0.6 is 0 Å². The van der Waals surface area contributed by atoms with E-state index in [0.717, 1.165) is 0 Å². The zero-order valence-electron chi connectivity index (χ0n) is 25.3. The minimum atomic E-state index is -0.685. The lowest BCUT2D eigenvalue weighted by Gasteiger charge is -2.29. The molecule has 4 rings (SSSR count). The highest BCUT2D eigenvalue weighted by molar-refractivity contribution is 6.29. The van der Waals surface area contributed by atoms with E-state index in [1.807, 2.05) is 0 Å². The van der Waals surface area contributed by atoms with Crippen LogP contribution in [0.15, 0.2) is 60.2 Å². The standard InChI is InChI=1S/C33H35FN2O7/c1-33(2,3)43-32(39)19-8-11-22(12-9-19)36(18-20-10-13-23(40-5)16-28(20)41-6)31(38)29-27(37)17-24-25(30(29)42-7)14-21(34)15-26(24)35-4/h8-16,35H,17-18H2,1-7H3. The molecule has 3 aromatic carbocycles. The summed E-state index contributed by atoms with van der Waals surface area (Å²) in [5.74, 6) is -1.20. The monoisotopic (exact) mass is 590 g/mol. The first-order valence-electron chi connectivity index (χ1n) is 13.6. The number of Topliss-reactive ketones (excluding diaryl/α,β-unsaturated/α-hetero) is 1. The van der Waals surface area contributed by atoms with Gasteiger partial charge in [-0.25, -0.2) is 9.18 Å². The quantitative estimate of drug-likeness (QED) is 0.255. The molecule has 1 aliphatic rings. The van der Waals surface area contributed by atoms with Crippen LogP contribution in [0, 0.1) is 5.82 Å². The van der Waals surface area contributed by atoms with E-state index in [4.69, 9.17) is 18.9 Å². The van der Waals surface area contributed by atoms with E-state index in [1.54, 1.807) is 70.3 Å². The smallest absolute Gasteiger partial charge is 0.338 e. The molecular weight excluding hydrogens is 555 g/mol. The zero-order valence-corrected chi connectivity index (χ0v) is 25.3. The number of benzene rings is 3. The van der Waals surface area contributed by atoms with Crippen molar-refractivity contribution in [2.45, 2.75) is 39.3 Å². The molecule has 1 N–H and O–H groups in total. The predicted octanol–water partition coefficient (Wildman–Crippen LogP) is 5.56. The van der Waals surface area contributed by atoms with E-state index in [1.165, 1.54) is 38.4 Å². The van der Waals surface area contributed by atoms with Crippen LogP contribution in [0.4, 0.5) is 15.8 Å². The fourth-order valence-electron chi connectivity index (χ4n) is 4.87. The molecular formula is C33H35FN2O7. The molecule has 9 nitrogen and oxygen atoms in total. The zero-order chi connectivity index (χ0) is 31.5. The van der Waals surface area contributed by atoms with Gasteiger partial charge in [0.1, 0.15) is 34.2 Å². The number of amides is 1. The second-order valence-corrected chi connectivity index (χ2v) is 10.9. The molecule has 3 aromatic rings. The number of rotatable bonds is 9. The molecule has 0 radical (unpaired) electrons. The first-order valence-corrected chi connectivity index (χ1v) is 13.6. The minimum Gasteiger partial charge on any atom is -0.497 e. The van der Waals surface area contributed by atoms with Gasteiger partial charge in [0.15, 0.2) is 5.78 Å². The lowest BCUT2D eigenvalue weighted by Crippen LogP contribution is -2.37. The number of nitrogens with zero attached hydrogens (tertiary/aromatic N) is 1. The third-order valence-electron chi connectivity index (χ3n) is 6.87. The number of methoxy groups -OCH3 is 3. The molecule has 1 amide bonds. The Morgan fingerprint density at radius 1 is 0.953 bits per heavy atom. The summed E-state index contributed by atoms with van der Waals surface area (Å²) in [6.07, 6.45) is -0.128. The largest absolute Gasteiger partial charge is 0.497 e. The Morgan fingerprint density at radius 3 is 2.23 bits per heavy atom. The van der Waals surface area contributed by atoms with Gasteiger partial charge < -0.3 is 29.2 Å². The van der Waals surface area contributed by atoms with Crippen LogP contribution in [-0.2, 0) is 32.0 Å². The Balaban J connectivity index is 1.84. The second-order valence-electron chi connectivity index (χ2n) is 10.9. The number of ketones is 1. The summed E-state index contributed by atoms with van der Waals surface area (Å²) in [5, 5.41) is 2.91. The molecule has 0 atom stereocenters. The van der Waals surface area contributed by atoms with Crippen LogP contribution in [0.25, 0.3) is 5.76 Å². The Hall–Kier alpha value is -4.86. The topological polar surface area (TPSA) is 103 Å². The van der Waals surface area contributed by atoms with Crippen molar-refractivity contribution in [3.63, 3.8) is 0 Å². The molecule has 43 heavy (non-hydrogen) atoms. The first-order chi connectivity index (χ1) is 20.4. The molecule has 0 aromatic heterocycles. The maximum absolute atomic E-state index is 14.6. The average molecular weight is 591 g/mol. The predicted molar refractivity (Wildman–Crippen MR) is 161 cm³/mol. The minimum absolute atomic E-state index is 0.0106. The van der Waals surface area contributed by atoms with Crippen LogP contribution < -0.4 is 19.7 Å². The highest BCUT2D eigenvalue weighted by Crippen LogP contribution is 2.37. The Morgan fingerprint density at radius 2 is 1.65 bits per heavy atom. The van der Waals surface area contributed by atoms with Gasteiger partial charge in [-0.1, -0.05) is 0 Å². The SMILES string of the molecule is CNc1cc(F)cc2c1CC(=O)C(C(=O)N(Cc1ccc(OC)cc1OC)c1ccc(C(=O)OC(C)(C)C)cc1)=C2OC. The summed E-state index contributed by atoms with van der Waals surface area (Å²) in [5.41, 5.74) is 1.70. The number of carbonyl (C=O) groups is 3. The number of hydrogen-bond acceptors (Lipinski definition) is 8. The molecule has 0 spiro atoms. The van der Waals surface area contributed by atoms with Gasteiger partial charge in [-0.05, 0) is 74.9 Å². The number of anilines is 2. The normalized spacial score (nSPS) is 12.8. The molecule has 0 fully saturated rings. The van der Waals surface area contributed by atoms with Crippen molar-refractivity contribution in [2.24, 2.45) is 0 Å². The summed E-state index contributed by atoms with van der Waals surface area (Å²) in [6, 6.07) is 14.0. The van der Waals surface area contributed by atoms with Crippen molar-refractivity contribution in [1.29, 1.82) is 0 Å². The van der Waals surface area contributed by atoms with E-state index >= 15 is 0 Å². The van der Waals surface area contributed by atoms with Gasteiger partial charge in [0, 0.05) is 42.0 Å². The Kier molecular flexibility index (Phi) is 9.08. The Labute approximate surface area is 250 Å². The second kappa shape index (κ2) is 12.6. The number of fused-ring (bicyclic) bond motifs is 1. The number of esters is 1. The molecule has 0 heterocycles. The Bertz CT molecular complexity index is 1590. The summed E-state index contributed by atoms with van der Waals surface area (Å²) in [7, 11) is 5.99. The maximum atomic E-state index is 14.6. The fraction of sp³-hybridized carbons (Fsp3) is 0.303. The number of halogens is 1. The number of carbonyl (C=O) groups excluding carboxylic acids is 3. The van der Waals surface area contributed by atoms with Crippen LogP contribution in [0.5, 0.6) is 11.5 Å². The van der Waals surface area contributed by atoms with Gasteiger partial charge in [0.25, 0.3) is 5.91 Å². The third-order valence-corrected chi connectivity index (χ3v) is 6.87. The summed E-state index contributed by atoms with van der Waals surface area (Å²) >= 11 is 0. The van der Waals surface area contributed by atoms with Crippen molar-refractivity contribution < 1.29 is 37.7 Å². The lowest BCUT2D eigenvalue weighted by atomic mass is 9.87. The molecule has 226 valence electrons. The highest BCUT2D eigenvalue weighted by atomic mass is 19.1. The van der Waals surface area contributed by atoms with E-state index in [0.29, 0.717) is 45.1 Å². The van der Waals surface area contributed by atoms with Crippen molar-refractivity contribution in [1.82, 2.24) is 0 Å². The van der Waals surface area contributed by atoms with E-state index in [2.05, 4.69) is 5.32 Å². The van der Waals surface area contributed by atoms with Crippen molar-refractivity contribution in [3.8, 4) is 11.5 Å². The van der Waals surface area contributed by atoms with Crippen LogP contribution in [0.1, 0.15) is 47.8 Å². The van der Waals surface area contributed by atoms with E-state index in [-0.39, 0.29) is 24.3 Å². The lowest BCUT2D eigenvalue weighted by molar-refractivity contribution is -0.121. The summed E-state index contributed by atoms with van der Waals surface area (Å²) in [6.45, 7) is 5.30. The third kappa shape index (κ3) is 6.63. The summed E-state index contributed by atoms with van der Waals surface area (Å²) in [4.78, 5) is 42.0. The number of nitrogens with one attached hydrogen (secondary N) is 1. The van der Waals surface area contributed by atoms with Crippen molar-refractivity contribution in [2.75, 3.05) is 38.6 Å². The van der Waals surface area contributed by atoms with Crippen molar-refractivity contribution >= 4 is 34.8 Å². The molecule has 10 heteroatoms. The molecule has 1 aliphatic carbocycles. The van der Waals surface area contributed by atoms with Gasteiger partial charge in [-0.15, -0.1) is 0 Å². The van der Waals surface area contributed by atoms with Crippen LogP contribution in [0.3, 0.4) is 0 Å². The maximum Gasteiger partial charge on any atom is 0.338 e. The molecule has 0 unspecified atom stereocenters. The number of ether oxygens (including phenoxy) is 4. The highest BCUT2D eigenvalue weighted by Gasteiger charge is 2.36. The van der Waals surface area contributed by atoms with Crippen LogP contribution in [-0.4, -0.2) is 51.6 Å². The molecule has 0 saturated heterocycles. The molecule has 0 bridgehead atoms. The number of hydrogen-bond donors (Lipinski definition) is 1. The van der Waals surface area contributed by atoms with E-state index < -0.39 is 29.1 Å². The van der Waals surface area contributed by atoms with Gasteiger partial charge in [-0.3, -0.25) is 9.59 Å². The summed E-state index contributed by atoms with van der Waals surface area (Å²) < 4.78 is 36.5. The van der Waals surface area contributed by atoms with E-state index in [9.17, 15) is 18.8 Å². The van der Waals surface area contributed by atoms with Crippen LogP contribution in [0.2, 0.25) is 0 Å². The molecule has 0 aliphatic heterocycles. The molecule has 0 saturated carbocycles. The first kappa shape index (κ1) is 31.1. The van der Waals surface area contributed by atoms with Gasteiger partial charge >= 0.3 is 5.97 Å². The van der Waals surface area contributed by atoms with Crippen molar-refractivity contribution in [3.05, 3.63) is 88.2 Å². The average Bonchev–Trinajstić information content (AvgIpc) is 2.98. The fourth-order valence-corrected chi connectivity index (χ4v) is 4.87. The van der Waals surface area contributed by atoms with Gasteiger partial charge in [0.2, 0.25) is 0 Å². The van der Waals surface area contributed by atoms with Gasteiger partial charge in [-0.2, -0.15) is 0 Å². The van der Waals surface area contributed by atoms with Gasteiger partial charge in [0.05, 0.1) is 33.4 Å².